The molecular formula is C10H16N2. The Morgan fingerprint density at radius 1 is 1.42 bits per heavy atom. The molecule has 2 heterocycles. The largest absolute Gasteiger partial charge is 0.312 e. The van der Waals surface area contributed by atoms with Gasteiger partial charge in [0.25, 0.3) is 0 Å². The number of nitrogens with zero attached hydrogens (tertiary/aromatic N) is 1. The van der Waals surface area contributed by atoms with Crippen molar-refractivity contribution in [2.45, 2.75) is 26.8 Å². The van der Waals surface area contributed by atoms with E-state index in [4.69, 9.17) is 0 Å². The molecule has 1 aromatic heterocycles. The molecule has 2 heteroatoms. The number of rotatable bonds is 0. The Hall–Kier alpha value is -0.890. The lowest BCUT2D eigenvalue weighted by molar-refractivity contribution is 0.630. The van der Waals surface area contributed by atoms with E-state index < -0.39 is 0 Å². The van der Waals surface area contributed by atoms with E-state index in [1.165, 1.54) is 11.3 Å². The molecule has 2 rings (SSSR count). The lowest BCUT2D eigenvalue weighted by Crippen LogP contribution is -2.24. The van der Waals surface area contributed by atoms with Crippen LogP contribution in [0.5, 0.6) is 0 Å². The molecule has 0 atom stereocenters. The maximum atomic E-state index is 4.28. The molecule has 0 radical (unpaired) electrons. The number of pyridine rings is 1. The Kier molecular flexibility index (Phi) is 3.74. The lowest BCUT2D eigenvalue weighted by atomic mass is 10.1. The van der Waals surface area contributed by atoms with Gasteiger partial charge in [-0.1, -0.05) is 19.9 Å². The van der Waals surface area contributed by atoms with Gasteiger partial charge in [-0.15, -0.1) is 0 Å². The van der Waals surface area contributed by atoms with Crippen LogP contribution < -0.4 is 5.32 Å². The minimum Gasteiger partial charge on any atom is -0.312 e. The van der Waals surface area contributed by atoms with E-state index in [2.05, 4.69) is 16.4 Å². The Morgan fingerprint density at radius 2 is 2.25 bits per heavy atom. The third kappa shape index (κ3) is 2.05. The second-order valence-electron chi connectivity index (χ2n) is 2.54. The van der Waals surface area contributed by atoms with Gasteiger partial charge in [0.15, 0.2) is 0 Å². The SMILES string of the molecule is CC.c1cnc2c(c1)CNCC2. The molecule has 1 aliphatic heterocycles. The van der Waals surface area contributed by atoms with Crippen molar-refractivity contribution < 1.29 is 0 Å². The minimum absolute atomic E-state index is 0.989. The highest BCUT2D eigenvalue weighted by molar-refractivity contribution is 5.21. The van der Waals surface area contributed by atoms with E-state index in [1.54, 1.807) is 0 Å². The monoisotopic (exact) mass is 164 g/mol. The summed E-state index contributed by atoms with van der Waals surface area (Å²) in [4.78, 5) is 4.28. The fourth-order valence-corrected chi connectivity index (χ4v) is 1.29. The smallest absolute Gasteiger partial charge is 0.0461 e. The van der Waals surface area contributed by atoms with Gasteiger partial charge in [-0.2, -0.15) is 0 Å². The zero-order chi connectivity index (χ0) is 8.81. The van der Waals surface area contributed by atoms with E-state index in [0.717, 1.165) is 19.5 Å². The summed E-state index contributed by atoms with van der Waals surface area (Å²) in [5.41, 5.74) is 2.62. The number of aromatic nitrogens is 1. The van der Waals surface area contributed by atoms with Crippen molar-refractivity contribution in [1.82, 2.24) is 10.3 Å². The maximum absolute atomic E-state index is 4.28. The average molecular weight is 164 g/mol. The predicted molar refractivity (Wildman–Crippen MR) is 51.0 cm³/mol. The fourth-order valence-electron chi connectivity index (χ4n) is 1.29. The first kappa shape index (κ1) is 9.20. The first-order valence-corrected chi connectivity index (χ1v) is 4.60. The van der Waals surface area contributed by atoms with Gasteiger partial charge < -0.3 is 5.32 Å². The van der Waals surface area contributed by atoms with Crippen LogP contribution in [-0.4, -0.2) is 11.5 Å². The van der Waals surface area contributed by atoms with Crippen molar-refractivity contribution in [3.8, 4) is 0 Å². The van der Waals surface area contributed by atoms with Gasteiger partial charge in [-0.3, -0.25) is 4.98 Å². The molecule has 0 spiro atoms. The highest BCUT2D eigenvalue weighted by atomic mass is 14.9. The number of hydrogen-bond acceptors (Lipinski definition) is 2. The zero-order valence-electron chi connectivity index (χ0n) is 7.80. The summed E-state index contributed by atoms with van der Waals surface area (Å²) < 4.78 is 0. The van der Waals surface area contributed by atoms with Gasteiger partial charge in [-0.25, -0.2) is 0 Å². The van der Waals surface area contributed by atoms with E-state index >= 15 is 0 Å². The molecule has 1 aliphatic rings. The zero-order valence-corrected chi connectivity index (χ0v) is 7.80. The van der Waals surface area contributed by atoms with Gasteiger partial charge in [0.05, 0.1) is 0 Å². The van der Waals surface area contributed by atoms with Crippen molar-refractivity contribution >= 4 is 0 Å². The van der Waals surface area contributed by atoms with Crippen LogP contribution >= 0.6 is 0 Å². The van der Waals surface area contributed by atoms with Crippen molar-refractivity contribution in [1.29, 1.82) is 0 Å². The molecular weight excluding hydrogens is 148 g/mol. The summed E-state index contributed by atoms with van der Waals surface area (Å²) in [6.07, 6.45) is 2.94. The van der Waals surface area contributed by atoms with Crippen LogP contribution in [0.3, 0.4) is 0 Å². The third-order valence-corrected chi connectivity index (χ3v) is 1.84. The highest BCUT2D eigenvalue weighted by Crippen LogP contribution is 2.08. The van der Waals surface area contributed by atoms with Gasteiger partial charge in [0.2, 0.25) is 0 Å². The summed E-state index contributed by atoms with van der Waals surface area (Å²) in [6, 6.07) is 4.13. The van der Waals surface area contributed by atoms with Gasteiger partial charge in [0, 0.05) is 31.4 Å². The Balaban J connectivity index is 0.000000336. The van der Waals surface area contributed by atoms with Crippen LogP contribution in [0.1, 0.15) is 25.1 Å². The van der Waals surface area contributed by atoms with Crippen molar-refractivity contribution in [2.75, 3.05) is 6.54 Å². The Morgan fingerprint density at radius 3 is 3.00 bits per heavy atom. The molecule has 1 N–H and O–H groups in total. The molecule has 1 aromatic rings. The van der Waals surface area contributed by atoms with Crippen LogP contribution in [0, 0.1) is 0 Å². The molecule has 12 heavy (non-hydrogen) atoms. The maximum Gasteiger partial charge on any atom is 0.0461 e. The summed E-state index contributed by atoms with van der Waals surface area (Å²) in [5, 5.41) is 3.30. The average Bonchev–Trinajstić information content (AvgIpc) is 2.21. The van der Waals surface area contributed by atoms with Crippen molar-refractivity contribution in [3.63, 3.8) is 0 Å². The van der Waals surface area contributed by atoms with Crippen LogP contribution in [0.2, 0.25) is 0 Å². The molecule has 0 saturated carbocycles. The van der Waals surface area contributed by atoms with E-state index in [9.17, 15) is 0 Å². The third-order valence-electron chi connectivity index (χ3n) is 1.84. The van der Waals surface area contributed by atoms with E-state index in [1.807, 2.05) is 26.1 Å². The first-order valence-electron chi connectivity index (χ1n) is 4.60. The first-order chi connectivity index (χ1) is 5.97. The van der Waals surface area contributed by atoms with Crippen LogP contribution in [0.15, 0.2) is 18.3 Å². The molecule has 0 saturated heterocycles. The van der Waals surface area contributed by atoms with Gasteiger partial charge in [-0.05, 0) is 11.6 Å². The normalized spacial score (nSPS) is 14.2. The lowest BCUT2D eigenvalue weighted by Gasteiger charge is -2.14. The summed E-state index contributed by atoms with van der Waals surface area (Å²) in [7, 11) is 0. The van der Waals surface area contributed by atoms with Crippen LogP contribution in [0.4, 0.5) is 0 Å². The van der Waals surface area contributed by atoms with Crippen molar-refractivity contribution in [2.24, 2.45) is 0 Å². The predicted octanol–water partition coefficient (Wildman–Crippen LogP) is 1.75. The second-order valence-corrected chi connectivity index (χ2v) is 2.54. The highest BCUT2D eigenvalue weighted by Gasteiger charge is 2.06. The Labute approximate surface area is 74.0 Å². The summed E-state index contributed by atoms with van der Waals surface area (Å²) in [5.74, 6) is 0. The van der Waals surface area contributed by atoms with Gasteiger partial charge in [0.1, 0.15) is 0 Å². The fraction of sp³-hybridized carbons (Fsp3) is 0.500. The summed E-state index contributed by atoms with van der Waals surface area (Å²) in [6.45, 7) is 6.06. The number of nitrogens with one attached hydrogen (secondary N) is 1. The molecule has 0 aromatic carbocycles. The quantitative estimate of drug-likeness (QED) is 0.632. The number of fused-ring (bicyclic) bond motifs is 1. The molecule has 0 fully saturated rings. The number of hydrogen-bond donors (Lipinski definition) is 1. The van der Waals surface area contributed by atoms with Crippen molar-refractivity contribution in [3.05, 3.63) is 29.6 Å². The Bertz CT molecular complexity index is 208. The standard InChI is InChI=1S/C8H10N2.C2H6/c1-2-7-6-9-5-3-8(7)10-4-1;1-2/h1-2,4,9H,3,5-6H2;1-2H3. The second kappa shape index (κ2) is 4.88. The molecule has 2 nitrogen and oxygen atoms in total. The van der Waals surface area contributed by atoms with Crippen LogP contribution in [-0.2, 0) is 13.0 Å². The minimum atomic E-state index is 0.989. The van der Waals surface area contributed by atoms with E-state index in [0.29, 0.717) is 0 Å². The molecule has 0 bridgehead atoms. The van der Waals surface area contributed by atoms with Crippen LogP contribution in [0.25, 0.3) is 0 Å². The van der Waals surface area contributed by atoms with E-state index in [-0.39, 0.29) is 0 Å². The molecule has 0 aliphatic carbocycles. The molecule has 0 unspecified atom stereocenters. The molecule has 0 amide bonds. The summed E-state index contributed by atoms with van der Waals surface area (Å²) >= 11 is 0. The topological polar surface area (TPSA) is 24.9 Å². The van der Waals surface area contributed by atoms with Gasteiger partial charge >= 0.3 is 0 Å². The molecule has 66 valence electrons.